The smallest absolute Gasteiger partial charge is 0.418 e. The highest BCUT2D eigenvalue weighted by atomic mass is 16.6. The molecule has 1 aliphatic rings. The van der Waals surface area contributed by atoms with Gasteiger partial charge in [-0.3, -0.25) is 0 Å². The maximum Gasteiger partial charge on any atom is 0.418 e. The fourth-order valence-corrected chi connectivity index (χ4v) is 1.87. The molecule has 0 unspecified atom stereocenters. The number of para-hydroxylation sites is 1. The average molecular weight is 262 g/mol. The average Bonchev–Trinajstić information content (AvgIpc) is 2.44. The van der Waals surface area contributed by atoms with Crippen molar-refractivity contribution in [2.45, 2.75) is 32.8 Å². The van der Waals surface area contributed by atoms with Crippen molar-refractivity contribution >= 4 is 17.8 Å². The molecule has 1 aromatic rings. The lowest BCUT2D eigenvalue weighted by Gasteiger charge is -2.24. The summed E-state index contributed by atoms with van der Waals surface area (Å²) in [5.74, 6) is 0. The Morgan fingerprint density at radius 2 is 2.00 bits per heavy atom. The Kier molecular flexibility index (Phi) is 3.46. The summed E-state index contributed by atoms with van der Waals surface area (Å²) in [5, 5.41) is 2.73. The number of carbonyl (C=O) groups excluding carboxylic acids is 2. The van der Waals surface area contributed by atoms with Crippen molar-refractivity contribution in [1.82, 2.24) is 4.90 Å². The van der Waals surface area contributed by atoms with Gasteiger partial charge in [-0.25, -0.2) is 14.5 Å². The number of anilines is 1. The predicted molar refractivity (Wildman–Crippen MR) is 72.1 cm³/mol. The molecule has 0 spiro atoms. The van der Waals surface area contributed by atoms with E-state index in [1.54, 1.807) is 20.8 Å². The van der Waals surface area contributed by atoms with Crippen molar-refractivity contribution in [2.75, 3.05) is 11.9 Å². The Morgan fingerprint density at radius 1 is 1.32 bits per heavy atom. The maximum atomic E-state index is 12.0. The van der Waals surface area contributed by atoms with Crippen LogP contribution in [0.2, 0.25) is 0 Å². The van der Waals surface area contributed by atoms with Gasteiger partial charge in [0.2, 0.25) is 0 Å². The van der Waals surface area contributed by atoms with Crippen LogP contribution >= 0.6 is 0 Å². The molecular weight excluding hydrogens is 244 g/mol. The number of ether oxygens (including phenoxy) is 1. The zero-order valence-corrected chi connectivity index (χ0v) is 11.4. The van der Waals surface area contributed by atoms with E-state index in [9.17, 15) is 9.59 Å². The molecule has 102 valence electrons. The Bertz CT molecular complexity index is 506. The van der Waals surface area contributed by atoms with E-state index < -0.39 is 17.7 Å². The lowest BCUT2D eigenvalue weighted by Crippen LogP contribution is -2.42. The molecule has 1 aromatic carbocycles. The topological polar surface area (TPSA) is 58.6 Å². The molecule has 0 radical (unpaired) electrons. The van der Waals surface area contributed by atoms with Gasteiger partial charge in [0.05, 0.1) is 0 Å². The van der Waals surface area contributed by atoms with Crippen LogP contribution in [0.25, 0.3) is 0 Å². The first-order chi connectivity index (χ1) is 8.87. The van der Waals surface area contributed by atoms with E-state index in [0.29, 0.717) is 13.0 Å². The van der Waals surface area contributed by atoms with Crippen LogP contribution in [-0.2, 0) is 11.2 Å². The number of benzene rings is 1. The number of nitrogens with one attached hydrogen (secondary N) is 1. The van der Waals surface area contributed by atoms with Gasteiger partial charge in [-0.1, -0.05) is 18.2 Å². The summed E-state index contributed by atoms with van der Waals surface area (Å²) in [6.45, 7) is 5.64. The molecule has 1 N–H and O–H groups in total. The molecular formula is C14H18N2O3. The molecule has 5 nitrogen and oxygen atoms in total. The van der Waals surface area contributed by atoms with Crippen LogP contribution in [0.5, 0.6) is 0 Å². The Balaban J connectivity index is 2.14. The molecule has 0 bridgehead atoms. The number of fused-ring (bicyclic) bond motifs is 1. The highest BCUT2D eigenvalue weighted by Gasteiger charge is 2.29. The van der Waals surface area contributed by atoms with Crippen molar-refractivity contribution in [3.05, 3.63) is 29.8 Å². The number of amides is 3. The van der Waals surface area contributed by atoms with Gasteiger partial charge in [0.15, 0.2) is 0 Å². The lowest BCUT2D eigenvalue weighted by atomic mass is 10.1. The first-order valence-corrected chi connectivity index (χ1v) is 6.26. The molecule has 1 heterocycles. The van der Waals surface area contributed by atoms with Gasteiger partial charge in [0, 0.05) is 12.2 Å². The Morgan fingerprint density at radius 3 is 2.68 bits per heavy atom. The molecule has 0 saturated heterocycles. The summed E-state index contributed by atoms with van der Waals surface area (Å²) in [6.07, 6.45) is 0.00606. The number of imide groups is 1. The second-order valence-corrected chi connectivity index (χ2v) is 5.47. The van der Waals surface area contributed by atoms with Crippen LogP contribution in [0, 0.1) is 0 Å². The monoisotopic (exact) mass is 262 g/mol. The molecule has 19 heavy (non-hydrogen) atoms. The minimum Gasteiger partial charge on any atom is -0.443 e. The van der Waals surface area contributed by atoms with Gasteiger partial charge in [-0.05, 0) is 38.8 Å². The molecule has 2 rings (SSSR count). The number of hydrogen-bond donors (Lipinski definition) is 1. The van der Waals surface area contributed by atoms with E-state index in [4.69, 9.17) is 4.74 Å². The van der Waals surface area contributed by atoms with Gasteiger partial charge in [0.25, 0.3) is 0 Å². The summed E-state index contributed by atoms with van der Waals surface area (Å²) < 4.78 is 5.23. The number of rotatable bonds is 0. The van der Waals surface area contributed by atoms with Gasteiger partial charge in [-0.15, -0.1) is 0 Å². The molecule has 0 fully saturated rings. The first kappa shape index (κ1) is 13.4. The summed E-state index contributed by atoms with van der Waals surface area (Å²) in [5.41, 5.74) is 1.15. The van der Waals surface area contributed by atoms with Crippen LogP contribution in [0.4, 0.5) is 15.3 Å². The fraction of sp³-hybridized carbons (Fsp3) is 0.429. The van der Waals surface area contributed by atoms with Gasteiger partial charge >= 0.3 is 12.1 Å². The molecule has 5 heteroatoms. The van der Waals surface area contributed by atoms with E-state index in [0.717, 1.165) is 16.2 Å². The van der Waals surface area contributed by atoms with Crippen molar-refractivity contribution in [1.29, 1.82) is 0 Å². The predicted octanol–water partition coefficient (Wildman–Crippen LogP) is 3.01. The molecule has 0 atom stereocenters. The summed E-state index contributed by atoms with van der Waals surface area (Å²) >= 11 is 0. The third-order valence-electron chi connectivity index (χ3n) is 2.72. The number of urea groups is 1. The molecule has 0 aliphatic carbocycles. The SMILES string of the molecule is CC(C)(C)OC(=O)N1CCc2ccccc2NC1=O. The van der Waals surface area contributed by atoms with Crippen LogP contribution < -0.4 is 5.32 Å². The van der Waals surface area contributed by atoms with E-state index >= 15 is 0 Å². The summed E-state index contributed by atoms with van der Waals surface area (Å²) in [4.78, 5) is 25.1. The third-order valence-corrected chi connectivity index (χ3v) is 2.72. The quantitative estimate of drug-likeness (QED) is 0.781. The van der Waals surface area contributed by atoms with E-state index in [-0.39, 0.29) is 0 Å². The normalized spacial score (nSPS) is 15.3. The van der Waals surface area contributed by atoms with Crippen LogP contribution in [0.15, 0.2) is 24.3 Å². The van der Waals surface area contributed by atoms with E-state index in [2.05, 4.69) is 5.32 Å². The Labute approximate surface area is 112 Å². The largest absolute Gasteiger partial charge is 0.443 e. The highest BCUT2D eigenvalue weighted by molar-refractivity contribution is 6.00. The maximum absolute atomic E-state index is 12.0. The number of nitrogens with zero attached hydrogens (tertiary/aromatic N) is 1. The van der Waals surface area contributed by atoms with Crippen molar-refractivity contribution in [3.8, 4) is 0 Å². The van der Waals surface area contributed by atoms with Gasteiger partial charge in [0.1, 0.15) is 5.60 Å². The zero-order valence-electron chi connectivity index (χ0n) is 11.4. The fourth-order valence-electron chi connectivity index (χ4n) is 1.87. The van der Waals surface area contributed by atoms with Crippen molar-refractivity contribution in [2.24, 2.45) is 0 Å². The van der Waals surface area contributed by atoms with E-state index in [1.807, 2.05) is 24.3 Å². The van der Waals surface area contributed by atoms with Crippen LogP contribution in [0.1, 0.15) is 26.3 Å². The van der Waals surface area contributed by atoms with Crippen molar-refractivity contribution in [3.63, 3.8) is 0 Å². The van der Waals surface area contributed by atoms with Crippen molar-refractivity contribution < 1.29 is 14.3 Å². The zero-order chi connectivity index (χ0) is 14.0. The minimum absolute atomic E-state index is 0.317. The van der Waals surface area contributed by atoms with Gasteiger partial charge < -0.3 is 10.1 Å². The molecule has 1 aliphatic heterocycles. The molecule has 0 aromatic heterocycles. The van der Waals surface area contributed by atoms with Gasteiger partial charge in [-0.2, -0.15) is 0 Å². The standard InChI is InChI=1S/C14H18N2O3/c1-14(2,3)19-13(18)16-9-8-10-6-4-5-7-11(10)15-12(16)17/h4-7H,8-9H2,1-3H3,(H,15,17). The molecule has 3 amide bonds. The molecule has 0 saturated carbocycles. The second kappa shape index (κ2) is 4.91. The minimum atomic E-state index is -0.615. The summed E-state index contributed by atoms with van der Waals surface area (Å²) in [6, 6.07) is 7.08. The van der Waals surface area contributed by atoms with Crippen LogP contribution in [-0.4, -0.2) is 29.2 Å². The van der Waals surface area contributed by atoms with E-state index in [1.165, 1.54) is 0 Å². The Hall–Kier alpha value is -2.04. The third kappa shape index (κ3) is 3.24. The highest BCUT2D eigenvalue weighted by Crippen LogP contribution is 2.21. The number of carbonyl (C=O) groups is 2. The number of hydrogen-bond acceptors (Lipinski definition) is 3. The van der Waals surface area contributed by atoms with Crippen LogP contribution in [0.3, 0.4) is 0 Å². The summed E-state index contributed by atoms with van der Waals surface area (Å²) in [7, 11) is 0. The second-order valence-electron chi connectivity index (χ2n) is 5.47. The first-order valence-electron chi connectivity index (χ1n) is 6.26. The lowest BCUT2D eigenvalue weighted by molar-refractivity contribution is 0.0336.